The molecule has 4 aromatic heterocycles. The van der Waals surface area contributed by atoms with Crippen molar-refractivity contribution in [2.75, 3.05) is 13.1 Å². The molecule has 212 valence electrons. The van der Waals surface area contributed by atoms with Gasteiger partial charge in [0.05, 0.1) is 58.5 Å². The lowest BCUT2D eigenvalue weighted by molar-refractivity contribution is 0.0697. The van der Waals surface area contributed by atoms with Crippen molar-refractivity contribution in [1.29, 1.82) is 0 Å². The summed E-state index contributed by atoms with van der Waals surface area (Å²) in [5, 5.41) is 14.8. The molecule has 1 aromatic carbocycles. The van der Waals surface area contributed by atoms with Crippen molar-refractivity contribution in [3.05, 3.63) is 89.1 Å². The molecule has 1 fully saturated rings. The van der Waals surface area contributed by atoms with Crippen molar-refractivity contribution in [1.82, 2.24) is 38.8 Å². The van der Waals surface area contributed by atoms with E-state index in [-0.39, 0.29) is 11.6 Å². The number of benzene rings is 1. The van der Waals surface area contributed by atoms with Gasteiger partial charge < -0.3 is 19.0 Å². The maximum Gasteiger partial charge on any atom is 0.335 e. The molecule has 1 N–H and O–H groups in total. The summed E-state index contributed by atoms with van der Waals surface area (Å²) in [6.07, 6.45) is 9.16. The van der Waals surface area contributed by atoms with Gasteiger partial charge in [-0.05, 0) is 50.1 Å². The molecule has 0 radical (unpaired) electrons. The van der Waals surface area contributed by atoms with E-state index in [0.29, 0.717) is 30.6 Å². The summed E-state index contributed by atoms with van der Waals surface area (Å²) in [5.74, 6) is 0.538. The Morgan fingerprint density at radius 1 is 1.12 bits per heavy atom. The van der Waals surface area contributed by atoms with E-state index in [1.165, 1.54) is 0 Å². The highest BCUT2D eigenvalue weighted by molar-refractivity contribution is 6.30. The molecule has 41 heavy (non-hydrogen) atoms. The van der Waals surface area contributed by atoms with Crippen LogP contribution in [-0.4, -0.2) is 62.9 Å². The number of imidazole rings is 2. The highest BCUT2D eigenvalue weighted by Crippen LogP contribution is 2.26. The first-order chi connectivity index (χ1) is 20.0. The van der Waals surface area contributed by atoms with Gasteiger partial charge in [-0.2, -0.15) is 0 Å². The smallest absolute Gasteiger partial charge is 0.335 e. The average molecular weight is 575 g/mol. The lowest BCUT2D eigenvalue weighted by atomic mass is 10.1. The number of aromatic carboxylic acids is 1. The average Bonchev–Trinajstić information content (AvgIpc) is 3.72. The molecule has 12 heteroatoms. The van der Waals surface area contributed by atoms with E-state index in [1.54, 1.807) is 30.5 Å². The first-order valence-corrected chi connectivity index (χ1v) is 14.1. The summed E-state index contributed by atoms with van der Waals surface area (Å²) in [4.78, 5) is 27.6. The zero-order valence-electron chi connectivity index (χ0n) is 22.7. The standard InChI is InChI=1S/C29H31ClN8O3/c1-2-36-19-31-15-24(36)16-37-26-13-20(29(39)40)3-6-25(26)33-27(37)17-35-10-7-23(8-11-35)38-12-9-28(34-38)41-18-22-5-4-21(30)14-32-22/h3-6,9,12-15,19,23H,2,7-8,10-11,16-18H2,1H3,(H,39,40). The van der Waals surface area contributed by atoms with Gasteiger partial charge in [-0.1, -0.05) is 11.6 Å². The predicted octanol–water partition coefficient (Wildman–Crippen LogP) is 4.66. The first kappa shape index (κ1) is 27.0. The zero-order valence-corrected chi connectivity index (χ0v) is 23.5. The molecule has 1 saturated heterocycles. The Morgan fingerprint density at radius 2 is 1.98 bits per heavy atom. The molecule has 0 unspecified atom stereocenters. The summed E-state index contributed by atoms with van der Waals surface area (Å²) < 4.78 is 12.0. The number of ether oxygens (including phenoxy) is 1. The molecule has 1 aliphatic rings. The second-order valence-corrected chi connectivity index (χ2v) is 10.6. The molecule has 0 spiro atoms. The summed E-state index contributed by atoms with van der Waals surface area (Å²) in [6, 6.07) is 10.9. The Hall–Kier alpha value is -4.22. The van der Waals surface area contributed by atoms with Gasteiger partial charge in [0.25, 0.3) is 0 Å². The largest absolute Gasteiger partial charge is 0.478 e. The predicted molar refractivity (Wildman–Crippen MR) is 153 cm³/mol. The number of likely N-dealkylation sites (tertiary alicyclic amines) is 1. The van der Waals surface area contributed by atoms with Gasteiger partial charge in [-0.15, -0.1) is 5.10 Å². The number of carbonyl (C=O) groups is 1. The number of aryl methyl sites for hydroxylation is 1. The number of aromatic nitrogens is 7. The molecular formula is C29H31ClN8O3. The van der Waals surface area contributed by atoms with Crippen LogP contribution in [0.15, 0.2) is 61.3 Å². The molecule has 0 atom stereocenters. The van der Waals surface area contributed by atoms with Gasteiger partial charge in [0, 0.05) is 44.3 Å². The maximum absolute atomic E-state index is 11.7. The van der Waals surface area contributed by atoms with Crippen LogP contribution in [0.25, 0.3) is 11.0 Å². The van der Waals surface area contributed by atoms with Gasteiger partial charge >= 0.3 is 5.97 Å². The Kier molecular flexibility index (Phi) is 7.71. The Balaban J connectivity index is 1.13. The third-order valence-electron chi connectivity index (χ3n) is 7.57. The number of rotatable bonds is 10. The van der Waals surface area contributed by atoms with E-state index in [4.69, 9.17) is 21.3 Å². The van der Waals surface area contributed by atoms with Crippen LogP contribution < -0.4 is 4.74 Å². The van der Waals surface area contributed by atoms with Gasteiger partial charge in [-0.3, -0.25) is 14.6 Å². The fourth-order valence-electron chi connectivity index (χ4n) is 5.31. The number of hydrogen-bond acceptors (Lipinski definition) is 7. The van der Waals surface area contributed by atoms with E-state index < -0.39 is 5.97 Å². The number of carboxylic acids is 1. The number of carboxylic acid groups (broad SMARTS) is 1. The van der Waals surface area contributed by atoms with Crippen molar-refractivity contribution < 1.29 is 14.6 Å². The minimum Gasteiger partial charge on any atom is -0.478 e. The molecule has 6 rings (SSSR count). The second kappa shape index (κ2) is 11.7. The van der Waals surface area contributed by atoms with Crippen LogP contribution >= 0.6 is 11.6 Å². The van der Waals surface area contributed by atoms with E-state index in [1.807, 2.05) is 35.5 Å². The zero-order chi connectivity index (χ0) is 28.3. The SMILES string of the molecule is CCn1cncc1Cn1c(CN2CCC(n3ccc(OCc4ccc(Cl)cn4)n3)CC2)nc2ccc(C(=O)O)cc21. The number of nitrogens with zero attached hydrogens (tertiary/aromatic N) is 8. The fourth-order valence-corrected chi connectivity index (χ4v) is 5.42. The highest BCUT2D eigenvalue weighted by Gasteiger charge is 2.24. The summed E-state index contributed by atoms with van der Waals surface area (Å²) in [6.45, 7) is 6.25. The van der Waals surface area contributed by atoms with E-state index in [0.717, 1.165) is 60.7 Å². The molecule has 0 amide bonds. The molecule has 5 heterocycles. The van der Waals surface area contributed by atoms with Crippen LogP contribution in [0.4, 0.5) is 0 Å². The molecule has 0 aliphatic carbocycles. The van der Waals surface area contributed by atoms with Crippen LogP contribution in [-0.2, 0) is 26.2 Å². The summed E-state index contributed by atoms with van der Waals surface area (Å²) in [5.41, 5.74) is 3.71. The van der Waals surface area contributed by atoms with Crippen molar-refractivity contribution in [2.45, 2.75) is 52.0 Å². The van der Waals surface area contributed by atoms with E-state index >= 15 is 0 Å². The number of piperidine rings is 1. The lowest BCUT2D eigenvalue weighted by Crippen LogP contribution is -2.35. The molecule has 5 aromatic rings. The Morgan fingerprint density at radius 3 is 2.73 bits per heavy atom. The normalized spacial score (nSPS) is 14.6. The monoisotopic (exact) mass is 574 g/mol. The molecule has 11 nitrogen and oxygen atoms in total. The van der Waals surface area contributed by atoms with Gasteiger partial charge in [0.1, 0.15) is 12.4 Å². The summed E-state index contributed by atoms with van der Waals surface area (Å²) >= 11 is 5.91. The fraction of sp³-hybridized carbons (Fsp3) is 0.345. The van der Waals surface area contributed by atoms with Gasteiger partial charge in [0.15, 0.2) is 0 Å². The van der Waals surface area contributed by atoms with Crippen molar-refractivity contribution in [3.8, 4) is 5.88 Å². The maximum atomic E-state index is 11.7. The first-order valence-electron chi connectivity index (χ1n) is 13.7. The Bertz CT molecular complexity index is 1650. The van der Waals surface area contributed by atoms with Crippen LogP contribution in [0.2, 0.25) is 5.02 Å². The second-order valence-electron chi connectivity index (χ2n) is 10.2. The molecule has 0 saturated carbocycles. The van der Waals surface area contributed by atoms with Crippen LogP contribution in [0.1, 0.15) is 53.4 Å². The number of halogens is 1. The quantitative estimate of drug-likeness (QED) is 0.256. The van der Waals surface area contributed by atoms with Crippen LogP contribution in [0.3, 0.4) is 0 Å². The summed E-state index contributed by atoms with van der Waals surface area (Å²) in [7, 11) is 0. The van der Waals surface area contributed by atoms with Crippen LogP contribution in [0.5, 0.6) is 5.88 Å². The Labute approximate surface area is 242 Å². The molecule has 0 bridgehead atoms. The number of pyridine rings is 1. The van der Waals surface area contributed by atoms with Crippen molar-refractivity contribution in [2.24, 2.45) is 0 Å². The van der Waals surface area contributed by atoms with E-state index in [2.05, 4.69) is 36.0 Å². The van der Waals surface area contributed by atoms with Crippen molar-refractivity contribution in [3.63, 3.8) is 0 Å². The number of hydrogen-bond donors (Lipinski definition) is 1. The molecule has 1 aliphatic heterocycles. The highest BCUT2D eigenvalue weighted by atomic mass is 35.5. The third-order valence-corrected chi connectivity index (χ3v) is 7.79. The minimum atomic E-state index is -0.948. The minimum absolute atomic E-state index is 0.252. The van der Waals surface area contributed by atoms with Crippen molar-refractivity contribution >= 4 is 28.6 Å². The third kappa shape index (κ3) is 5.96. The number of fused-ring (bicyclic) bond motifs is 1. The topological polar surface area (TPSA) is 116 Å². The van der Waals surface area contributed by atoms with Gasteiger partial charge in [-0.25, -0.2) is 14.8 Å². The van der Waals surface area contributed by atoms with Gasteiger partial charge in [0.2, 0.25) is 5.88 Å². The lowest BCUT2D eigenvalue weighted by Gasteiger charge is -2.31. The molecular weight excluding hydrogens is 544 g/mol. The van der Waals surface area contributed by atoms with E-state index in [9.17, 15) is 9.90 Å². The van der Waals surface area contributed by atoms with Crippen LogP contribution in [0, 0.1) is 0 Å².